The van der Waals surface area contributed by atoms with Crippen LogP contribution in [0.3, 0.4) is 0 Å². The molecular weight excluding hydrogens is 310 g/mol. The second-order valence-corrected chi connectivity index (χ2v) is 7.82. The van der Waals surface area contributed by atoms with E-state index in [9.17, 15) is 4.79 Å². The molecule has 0 saturated carbocycles. The van der Waals surface area contributed by atoms with Gasteiger partial charge < -0.3 is 4.90 Å². The van der Waals surface area contributed by atoms with Crippen molar-refractivity contribution in [2.24, 2.45) is 5.92 Å². The minimum absolute atomic E-state index is 0.236. The number of fused-ring (bicyclic) bond motifs is 3. The van der Waals surface area contributed by atoms with Crippen LogP contribution in [0.1, 0.15) is 53.9 Å². The highest BCUT2D eigenvalue weighted by Gasteiger charge is 2.42. The van der Waals surface area contributed by atoms with Crippen LogP contribution in [0.15, 0.2) is 30.5 Å². The molecule has 1 fully saturated rings. The largest absolute Gasteiger partial charge is 0.341 e. The minimum atomic E-state index is 0.236. The van der Waals surface area contributed by atoms with Crippen molar-refractivity contribution in [3.8, 4) is 0 Å². The predicted octanol–water partition coefficient (Wildman–Crippen LogP) is 3.25. The Kier molecular flexibility index (Phi) is 4.06. The number of likely N-dealkylation sites (tertiary alicyclic amines) is 1. The number of nitrogens with zero attached hydrogens (tertiary/aromatic N) is 3. The van der Waals surface area contributed by atoms with E-state index in [1.807, 2.05) is 11.1 Å². The van der Waals surface area contributed by atoms with E-state index in [1.54, 1.807) is 0 Å². The zero-order chi connectivity index (χ0) is 17.6. The number of amides is 1. The summed E-state index contributed by atoms with van der Waals surface area (Å²) in [7, 11) is 0. The van der Waals surface area contributed by atoms with Gasteiger partial charge in [0.05, 0.1) is 6.42 Å². The molecule has 1 aliphatic heterocycles. The lowest BCUT2D eigenvalue weighted by atomic mass is 9.97. The van der Waals surface area contributed by atoms with Crippen LogP contribution in [0.25, 0.3) is 0 Å². The van der Waals surface area contributed by atoms with E-state index in [-0.39, 0.29) is 5.91 Å². The first-order valence-corrected chi connectivity index (χ1v) is 9.20. The van der Waals surface area contributed by atoms with Crippen LogP contribution in [-0.2, 0) is 17.6 Å². The molecule has 0 radical (unpaired) electrons. The lowest BCUT2D eigenvalue weighted by Gasteiger charge is -2.18. The summed E-state index contributed by atoms with van der Waals surface area (Å²) in [5, 5.41) is 0. The van der Waals surface area contributed by atoms with E-state index in [0.717, 1.165) is 30.9 Å². The fourth-order valence-corrected chi connectivity index (χ4v) is 4.07. The number of benzene rings is 1. The summed E-state index contributed by atoms with van der Waals surface area (Å²) in [6, 6.07) is 8.25. The number of aryl methyl sites for hydroxylation is 1. The molecule has 1 aromatic heterocycles. The zero-order valence-electron chi connectivity index (χ0n) is 15.2. The monoisotopic (exact) mass is 335 g/mol. The molecule has 0 unspecified atom stereocenters. The second-order valence-electron chi connectivity index (χ2n) is 7.82. The van der Waals surface area contributed by atoms with Crippen LogP contribution < -0.4 is 0 Å². The lowest BCUT2D eigenvalue weighted by Crippen LogP contribution is -2.31. The summed E-state index contributed by atoms with van der Waals surface area (Å²) in [5.74, 6) is 2.45. The molecular formula is C21H25N3O. The van der Waals surface area contributed by atoms with Gasteiger partial charge in [0.15, 0.2) is 0 Å². The van der Waals surface area contributed by atoms with Crippen molar-refractivity contribution in [3.63, 3.8) is 0 Å². The van der Waals surface area contributed by atoms with Crippen LogP contribution in [-0.4, -0.2) is 33.9 Å². The van der Waals surface area contributed by atoms with Gasteiger partial charge >= 0.3 is 0 Å². The molecule has 25 heavy (non-hydrogen) atoms. The van der Waals surface area contributed by atoms with Gasteiger partial charge in [-0.3, -0.25) is 4.79 Å². The average Bonchev–Trinajstić information content (AvgIpc) is 3.14. The average molecular weight is 335 g/mol. The molecule has 1 saturated heterocycles. The molecule has 2 atom stereocenters. The molecule has 0 spiro atoms. The van der Waals surface area contributed by atoms with Crippen LogP contribution >= 0.6 is 0 Å². The first kappa shape index (κ1) is 16.2. The van der Waals surface area contributed by atoms with Crippen LogP contribution in [0, 0.1) is 12.8 Å². The Labute approximate surface area is 149 Å². The molecule has 4 rings (SSSR count). The third-order valence-corrected chi connectivity index (χ3v) is 5.56. The van der Waals surface area contributed by atoms with Crippen molar-refractivity contribution in [1.29, 1.82) is 0 Å². The maximum atomic E-state index is 12.7. The van der Waals surface area contributed by atoms with Crippen molar-refractivity contribution >= 4 is 5.91 Å². The quantitative estimate of drug-likeness (QED) is 0.865. The topological polar surface area (TPSA) is 46.1 Å². The van der Waals surface area contributed by atoms with E-state index in [1.165, 1.54) is 16.8 Å². The fraction of sp³-hybridized carbons (Fsp3) is 0.476. The molecule has 2 aromatic rings. The summed E-state index contributed by atoms with van der Waals surface area (Å²) < 4.78 is 0. The highest BCUT2D eigenvalue weighted by atomic mass is 16.2. The molecule has 0 bridgehead atoms. The zero-order valence-corrected chi connectivity index (χ0v) is 15.2. The number of hydrogen-bond donors (Lipinski definition) is 0. The summed E-state index contributed by atoms with van der Waals surface area (Å²) in [5.41, 5.74) is 4.79. The van der Waals surface area contributed by atoms with Gasteiger partial charge in [-0.2, -0.15) is 0 Å². The van der Waals surface area contributed by atoms with Gasteiger partial charge in [0.2, 0.25) is 5.91 Å². The molecule has 1 aliphatic carbocycles. The molecule has 130 valence electrons. The van der Waals surface area contributed by atoms with Crippen molar-refractivity contribution < 1.29 is 4.79 Å². The maximum absolute atomic E-state index is 12.7. The maximum Gasteiger partial charge on any atom is 0.227 e. The molecule has 4 nitrogen and oxygen atoms in total. The molecule has 0 N–H and O–H groups in total. The highest BCUT2D eigenvalue weighted by Crippen LogP contribution is 2.42. The Morgan fingerprint density at radius 3 is 2.72 bits per heavy atom. The van der Waals surface area contributed by atoms with Gasteiger partial charge in [0.1, 0.15) is 5.82 Å². The third kappa shape index (κ3) is 3.06. The normalized spacial score (nSPS) is 21.5. The number of hydrogen-bond acceptors (Lipinski definition) is 3. The first-order chi connectivity index (χ1) is 12.0. The minimum Gasteiger partial charge on any atom is -0.341 e. The Hall–Kier alpha value is -2.23. The van der Waals surface area contributed by atoms with Crippen molar-refractivity contribution in [1.82, 2.24) is 14.9 Å². The number of rotatable bonds is 3. The van der Waals surface area contributed by atoms with Crippen molar-refractivity contribution in [2.75, 3.05) is 13.1 Å². The van der Waals surface area contributed by atoms with Gasteiger partial charge in [-0.05, 0) is 30.4 Å². The van der Waals surface area contributed by atoms with Crippen molar-refractivity contribution in [3.05, 3.63) is 58.7 Å². The Balaban J connectivity index is 1.45. The van der Waals surface area contributed by atoms with E-state index >= 15 is 0 Å². The molecule has 4 heteroatoms. The summed E-state index contributed by atoms with van der Waals surface area (Å²) in [6.07, 6.45) is 3.49. The standard InChI is InChI=1S/C21H25N3O/c1-13(2)21-22-10-17-18-12-24(11-16(18)9-19(17)23-21)20(25)8-15-6-4-14(3)5-7-15/h4-7,10,13,16,18H,8-9,11-12H2,1-3H3/t16-,18-/m1/s1. The van der Waals surface area contributed by atoms with E-state index in [4.69, 9.17) is 4.98 Å². The highest BCUT2D eigenvalue weighted by molar-refractivity contribution is 5.79. The predicted molar refractivity (Wildman–Crippen MR) is 97.5 cm³/mol. The fourth-order valence-electron chi connectivity index (χ4n) is 4.07. The Morgan fingerprint density at radius 1 is 1.24 bits per heavy atom. The smallest absolute Gasteiger partial charge is 0.227 e. The van der Waals surface area contributed by atoms with Gasteiger partial charge in [0.25, 0.3) is 0 Å². The second kappa shape index (κ2) is 6.25. The van der Waals surface area contributed by atoms with Crippen LogP contribution in [0.2, 0.25) is 0 Å². The Morgan fingerprint density at radius 2 is 2.00 bits per heavy atom. The summed E-state index contributed by atoms with van der Waals surface area (Å²) in [4.78, 5) is 24.0. The molecule has 2 heterocycles. The summed E-state index contributed by atoms with van der Waals surface area (Å²) >= 11 is 0. The van der Waals surface area contributed by atoms with Crippen molar-refractivity contribution in [2.45, 2.75) is 45.4 Å². The molecule has 1 aromatic carbocycles. The third-order valence-electron chi connectivity index (χ3n) is 5.56. The number of carbonyl (C=O) groups is 1. The van der Waals surface area contributed by atoms with Gasteiger partial charge in [-0.15, -0.1) is 0 Å². The van der Waals surface area contributed by atoms with Crippen LogP contribution in [0.4, 0.5) is 0 Å². The number of aromatic nitrogens is 2. The van der Waals surface area contributed by atoms with Gasteiger partial charge in [-0.1, -0.05) is 43.7 Å². The number of carbonyl (C=O) groups excluding carboxylic acids is 1. The van der Waals surface area contributed by atoms with E-state index < -0.39 is 0 Å². The van der Waals surface area contributed by atoms with Crippen LogP contribution in [0.5, 0.6) is 0 Å². The lowest BCUT2D eigenvalue weighted by molar-refractivity contribution is -0.129. The summed E-state index contributed by atoms with van der Waals surface area (Å²) in [6.45, 7) is 7.99. The Bertz CT molecular complexity index is 797. The van der Waals surface area contributed by atoms with E-state index in [2.05, 4.69) is 50.0 Å². The SMILES string of the molecule is Cc1ccc(CC(=O)N2C[C@H]3Cc4nc(C(C)C)ncc4[C@@H]3C2)cc1. The molecule has 1 amide bonds. The van der Waals surface area contributed by atoms with E-state index in [0.29, 0.717) is 24.2 Å². The van der Waals surface area contributed by atoms with Gasteiger partial charge in [-0.25, -0.2) is 9.97 Å². The molecule has 2 aliphatic rings. The first-order valence-electron chi connectivity index (χ1n) is 9.20. The van der Waals surface area contributed by atoms with Gasteiger partial charge in [0, 0.05) is 36.8 Å².